The number of amides is 1. The van der Waals surface area contributed by atoms with Crippen molar-refractivity contribution in [3.8, 4) is 0 Å². The number of hydrogen-bond donors (Lipinski definition) is 0. The maximum absolute atomic E-state index is 12.2. The minimum Gasteiger partial charge on any atom is -0.334 e. The van der Waals surface area contributed by atoms with Crippen molar-refractivity contribution >= 4 is 33.2 Å². The number of sulfone groups is 1. The highest BCUT2D eigenvalue weighted by Gasteiger charge is 2.30. The predicted octanol–water partition coefficient (Wildman–Crippen LogP) is 2.10. The minimum atomic E-state index is -3.00. The molecule has 1 aromatic heterocycles. The van der Waals surface area contributed by atoms with Crippen LogP contribution in [0.2, 0.25) is 0 Å². The highest BCUT2D eigenvalue weighted by Crippen LogP contribution is 2.27. The third-order valence-electron chi connectivity index (χ3n) is 3.51. The Bertz CT molecular complexity index is 684. The Morgan fingerprint density at radius 3 is 2.68 bits per heavy atom. The van der Waals surface area contributed by atoms with Crippen molar-refractivity contribution in [1.82, 2.24) is 9.88 Å². The first-order valence-electron chi connectivity index (χ1n) is 7.24. The smallest absolute Gasteiger partial charge is 0.246 e. The maximum Gasteiger partial charge on any atom is 0.246 e. The van der Waals surface area contributed by atoms with E-state index in [-0.39, 0.29) is 35.4 Å². The van der Waals surface area contributed by atoms with E-state index in [2.05, 4.69) is 25.8 Å². The van der Waals surface area contributed by atoms with Crippen LogP contribution in [-0.2, 0) is 20.0 Å². The van der Waals surface area contributed by atoms with Gasteiger partial charge in [0.2, 0.25) is 5.91 Å². The molecular formula is C15H22N2O3S2. The number of carbonyl (C=O) groups excluding carboxylic acids is 1. The number of nitrogens with zero attached hydrogens (tertiary/aromatic N) is 2. The van der Waals surface area contributed by atoms with Gasteiger partial charge >= 0.3 is 0 Å². The van der Waals surface area contributed by atoms with Crippen LogP contribution in [0.1, 0.15) is 37.6 Å². The van der Waals surface area contributed by atoms with E-state index in [9.17, 15) is 13.2 Å². The Morgan fingerprint density at radius 2 is 2.14 bits per heavy atom. The van der Waals surface area contributed by atoms with E-state index in [1.807, 2.05) is 0 Å². The molecule has 1 atom stereocenters. The fourth-order valence-corrected chi connectivity index (χ4v) is 4.72. The zero-order valence-electron chi connectivity index (χ0n) is 13.4. The number of aromatic nitrogens is 1. The molecular weight excluding hydrogens is 320 g/mol. The third-order valence-corrected chi connectivity index (χ3v) is 6.69. The quantitative estimate of drug-likeness (QED) is 0.772. The van der Waals surface area contributed by atoms with Crippen LogP contribution in [-0.4, -0.2) is 48.3 Å². The van der Waals surface area contributed by atoms with Gasteiger partial charge in [0.15, 0.2) is 9.84 Å². The minimum absolute atomic E-state index is 0.00346. The molecule has 0 N–H and O–H groups in total. The topological polar surface area (TPSA) is 67.3 Å². The van der Waals surface area contributed by atoms with Crippen molar-refractivity contribution in [3.63, 3.8) is 0 Å². The molecule has 0 spiro atoms. The zero-order chi connectivity index (χ0) is 16.5. The van der Waals surface area contributed by atoms with Crippen LogP contribution in [0.25, 0.3) is 6.08 Å². The van der Waals surface area contributed by atoms with Gasteiger partial charge in [0.05, 0.1) is 16.5 Å². The molecule has 1 aromatic rings. The molecule has 7 heteroatoms. The summed E-state index contributed by atoms with van der Waals surface area (Å²) < 4.78 is 23.1. The molecule has 0 aliphatic carbocycles. The summed E-state index contributed by atoms with van der Waals surface area (Å²) in [5.74, 6) is -0.0550. The number of carbonyl (C=O) groups is 1. The number of thiazole rings is 1. The van der Waals surface area contributed by atoms with Crippen molar-refractivity contribution in [2.45, 2.75) is 39.2 Å². The lowest BCUT2D eigenvalue weighted by molar-refractivity contribution is -0.127. The van der Waals surface area contributed by atoms with E-state index in [1.165, 1.54) is 6.08 Å². The molecule has 1 aliphatic heterocycles. The number of hydrogen-bond acceptors (Lipinski definition) is 5. The molecule has 1 fully saturated rings. The van der Waals surface area contributed by atoms with Crippen molar-refractivity contribution in [3.05, 3.63) is 22.2 Å². The highest BCUT2D eigenvalue weighted by molar-refractivity contribution is 7.91. The molecule has 2 rings (SSSR count). The molecule has 0 radical (unpaired) electrons. The molecule has 0 aromatic carbocycles. The molecule has 1 saturated heterocycles. The fourth-order valence-electron chi connectivity index (χ4n) is 2.29. The summed E-state index contributed by atoms with van der Waals surface area (Å²) in [4.78, 5) is 19.1. The van der Waals surface area contributed by atoms with Crippen LogP contribution in [0, 0.1) is 0 Å². The lowest BCUT2D eigenvalue weighted by Crippen LogP contribution is -2.49. The Kier molecular flexibility index (Phi) is 4.77. The molecule has 0 bridgehead atoms. The monoisotopic (exact) mass is 342 g/mol. The van der Waals surface area contributed by atoms with Gasteiger partial charge in [-0.25, -0.2) is 13.4 Å². The SMILES string of the molecule is C[C@H]1CS(=O)(=O)CCN1C(=O)/C=C/c1cnc(C(C)(C)C)s1. The molecule has 0 saturated carbocycles. The molecule has 5 nitrogen and oxygen atoms in total. The van der Waals surface area contributed by atoms with Crippen LogP contribution in [0.4, 0.5) is 0 Å². The van der Waals surface area contributed by atoms with Gasteiger partial charge < -0.3 is 4.90 Å². The standard InChI is InChI=1S/C15H22N2O3S2/c1-11-10-22(19,20)8-7-17(11)13(18)6-5-12-9-16-14(21-12)15(2,3)4/h5-6,9,11H,7-8,10H2,1-4H3/b6-5+/t11-/m0/s1. The summed E-state index contributed by atoms with van der Waals surface area (Å²) in [5, 5.41) is 1.03. The highest BCUT2D eigenvalue weighted by atomic mass is 32.2. The first-order valence-corrected chi connectivity index (χ1v) is 9.88. The molecule has 1 aliphatic rings. The second-order valence-electron chi connectivity index (χ2n) is 6.65. The number of rotatable bonds is 2. The molecule has 2 heterocycles. The van der Waals surface area contributed by atoms with Crippen molar-refractivity contribution in [2.75, 3.05) is 18.1 Å². The van der Waals surface area contributed by atoms with E-state index >= 15 is 0 Å². The van der Waals surface area contributed by atoms with Crippen LogP contribution < -0.4 is 0 Å². The van der Waals surface area contributed by atoms with E-state index in [4.69, 9.17) is 0 Å². The van der Waals surface area contributed by atoms with Crippen molar-refractivity contribution in [2.24, 2.45) is 0 Å². The zero-order valence-corrected chi connectivity index (χ0v) is 15.0. The Labute approximate surface area is 136 Å². The second kappa shape index (κ2) is 6.12. The molecule has 0 unspecified atom stereocenters. The largest absolute Gasteiger partial charge is 0.334 e. The average molecular weight is 342 g/mol. The maximum atomic E-state index is 12.2. The van der Waals surface area contributed by atoms with Gasteiger partial charge in [0.1, 0.15) is 0 Å². The normalized spacial score (nSPS) is 22.2. The van der Waals surface area contributed by atoms with Crippen molar-refractivity contribution < 1.29 is 13.2 Å². The summed E-state index contributed by atoms with van der Waals surface area (Å²) in [6, 6.07) is -0.275. The van der Waals surface area contributed by atoms with E-state index in [0.717, 1.165) is 9.88 Å². The van der Waals surface area contributed by atoms with Gasteiger partial charge in [-0.05, 0) is 13.0 Å². The van der Waals surface area contributed by atoms with Crippen LogP contribution in [0.15, 0.2) is 12.3 Å². The average Bonchev–Trinajstić information content (AvgIpc) is 2.83. The lowest BCUT2D eigenvalue weighted by atomic mass is 9.98. The van der Waals surface area contributed by atoms with E-state index < -0.39 is 9.84 Å². The Balaban J connectivity index is 2.04. The predicted molar refractivity (Wildman–Crippen MR) is 89.7 cm³/mol. The van der Waals surface area contributed by atoms with Crippen molar-refractivity contribution in [1.29, 1.82) is 0 Å². The van der Waals surface area contributed by atoms with Crippen LogP contribution >= 0.6 is 11.3 Å². The van der Waals surface area contributed by atoms with E-state index in [1.54, 1.807) is 35.4 Å². The summed E-state index contributed by atoms with van der Waals surface area (Å²) >= 11 is 1.56. The van der Waals surface area contributed by atoms with E-state index in [0.29, 0.717) is 0 Å². The first kappa shape index (κ1) is 17.1. The summed E-state index contributed by atoms with van der Waals surface area (Å²) in [6.07, 6.45) is 5.03. The lowest BCUT2D eigenvalue weighted by Gasteiger charge is -2.32. The van der Waals surface area contributed by atoms with Gasteiger partial charge in [-0.1, -0.05) is 20.8 Å². The summed E-state index contributed by atoms with van der Waals surface area (Å²) in [6.45, 7) is 8.33. The summed E-state index contributed by atoms with van der Waals surface area (Å²) in [5.41, 5.74) is -0.00346. The van der Waals surface area contributed by atoms with Gasteiger partial charge in [0, 0.05) is 35.2 Å². The van der Waals surface area contributed by atoms with Gasteiger partial charge in [-0.15, -0.1) is 11.3 Å². The van der Waals surface area contributed by atoms with Gasteiger partial charge in [-0.3, -0.25) is 4.79 Å². The summed E-state index contributed by atoms with van der Waals surface area (Å²) in [7, 11) is -3.00. The van der Waals surface area contributed by atoms with Gasteiger partial charge in [0.25, 0.3) is 0 Å². The molecule has 22 heavy (non-hydrogen) atoms. The van der Waals surface area contributed by atoms with Gasteiger partial charge in [-0.2, -0.15) is 0 Å². The molecule has 122 valence electrons. The second-order valence-corrected chi connectivity index (χ2v) is 9.94. The molecule has 1 amide bonds. The van der Waals surface area contributed by atoms with Crippen LogP contribution in [0.3, 0.4) is 0 Å². The Hall–Kier alpha value is -1.21. The van der Waals surface area contributed by atoms with Crippen LogP contribution in [0.5, 0.6) is 0 Å². The fraction of sp³-hybridized carbons (Fsp3) is 0.600. The Morgan fingerprint density at radius 1 is 1.45 bits per heavy atom. The first-order chi connectivity index (χ1) is 10.1. The third kappa shape index (κ3) is 4.16.